The van der Waals surface area contributed by atoms with Gasteiger partial charge in [0.15, 0.2) is 0 Å². The first-order chi connectivity index (χ1) is 8.29. The summed E-state index contributed by atoms with van der Waals surface area (Å²) < 4.78 is 26.1. The molecule has 0 fully saturated rings. The molecule has 0 unspecified atom stereocenters. The zero-order chi connectivity index (χ0) is 13.9. The van der Waals surface area contributed by atoms with Crippen LogP contribution in [0.15, 0.2) is 17.0 Å². The Labute approximate surface area is 105 Å². The number of rotatable bonds is 5. The van der Waals surface area contributed by atoms with Crippen LogP contribution < -0.4 is 10.5 Å². The van der Waals surface area contributed by atoms with Crippen molar-refractivity contribution >= 4 is 15.7 Å². The molecule has 8 heteroatoms. The minimum atomic E-state index is -3.76. The molecular weight excluding hydrogens is 258 g/mol. The Morgan fingerprint density at radius 1 is 1.33 bits per heavy atom. The first-order valence-electron chi connectivity index (χ1n) is 5.25. The molecule has 1 aromatic rings. The number of nitrogens with two attached hydrogens (primary N) is 1. The molecule has 0 saturated carbocycles. The van der Waals surface area contributed by atoms with E-state index in [0.717, 1.165) is 6.07 Å². The number of sulfonamides is 1. The highest BCUT2D eigenvalue weighted by Crippen LogP contribution is 2.25. The molecule has 0 amide bonds. The van der Waals surface area contributed by atoms with E-state index in [1.54, 1.807) is 13.8 Å². The average molecular weight is 273 g/mol. The normalized spacial score (nSPS) is 11.5. The van der Waals surface area contributed by atoms with Gasteiger partial charge in [0.2, 0.25) is 10.0 Å². The number of benzene rings is 1. The maximum atomic E-state index is 11.9. The van der Waals surface area contributed by atoms with Crippen molar-refractivity contribution in [2.45, 2.75) is 18.7 Å². The van der Waals surface area contributed by atoms with Crippen LogP contribution >= 0.6 is 0 Å². The minimum Gasteiger partial charge on any atom is -0.329 e. The van der Waals surface area contributed by atoms with Gasteiger partial charge in [-0.2, -0.15) is 0 Å². The van der Waals surface area contributed by atoms with E-state index in [2.05, 4.69) is 4.72 Å². The molecule has 0 aliphatic heterocycles. The van der Waals surface area contributed by atoms with Gasteiger partial charge >= 0.3 is 0 Å². The van der Waals surface area contributed by atoms with Gasteiger partial charge < -0.3 is 5.73 Å². The molecule has 3 N–H and O–H groups in total. The topological polar surface area (TPSA) is 115 Å². The number of nitrogens with one attached hydrogen (secondary N) is 1. The van der Waals surface area contributed by atoms with Crippen molar-refractivity contribution in [3.63, 3.8) is 0 Å². The molecule has 0 bridgehead atoms. The third kappa shape index (κ3) is 3.03. The first kappa shape index (κ1) is 14.6. The second-order valence-corrected chi connectivity index (χ2v) is 5.58. The van der Waals surface area contributed by atoms with Crippen molar-refractivity contribution in [3.8, 4) is 0 Å². The highest BCUT2D eigenvalue weighted by Gasteiger charge is 2.21. The highest BCUT2D eigenvalue weighted by molar-refractivity contribution is 7.89. The summed E-state index contributed by atoms with van der Waals surface area (Å²) >= 11 is 0. The van der Waals surface area contributed by atoms with E-state index >= 15 is 0 Å². The van der Waals surface area contributed by atoms with Crippen LogP contribution in [0.1, 0.15) is 11.1 Å². The summed E-state index contributed by atoms with van der Waals surface area (Å²) in [6.07, 6.45) is 0. The molecule has 0 atom stereocenters. The largest absolute Gasteiger partial charge is 0.329 e. The number of aryl methyl sites for hydroxylation is 2. The van der Waals surface area contributed by atoms with Gasteiger partial charge in [0.05, 0.1) is 9.82 Å². The monoisotopic (exact) mass is 273 g/mol. The minimum absolute atomic E-state index is 0.0868. The fourth-order valence-electron chi connectivity index (χ4n) is 1.58. The van der Waals surface area contributed by atoms with Crippen molar-refractivity contribution in [1.29, 1.82) is 0 Å². The summed E-state index contributed by atoms with van der Waals surface area (Å²) in [6.45, 7) is 3.40. The summed E-state index contributed by atoms with van der Waals surface area (Å²) in [7, 11) is -3.76. The van der Waals surface area contributed by atoms with E-state index < -0.39 is 14.9 Å². The number of nitro benzene ring substituents is 1. The lowest BCUT2D eigenvalue weighted by Crippen LogP contribution is -2.29. The van der Waals surface area contributed by atoms with Gasteiger partial charge in [0.1, 0.15) is 0 Å². The van der Waals surface area contributed by atoms with Crippen molar-refractivity contribution in [2.75, 3.05) is 13.1 Å². The van der Waals surface area contributed by atoms with Crippen molar-refractivity contribution in [2.24, 2.45) is 5.73 Å². The standard InChI is InChI=1S/C10H15N3O4S/c1-7-5-8(2)10(6-9(7)13(14)15)18(16,17)12-4-3-11/h5-6,12H,3-4,11H2,1-2H3. The third-order valence-corrected chi connectivity index (χ3v) is 4.02. The van der Waals surface area contributed by atoms with E-state index in [1.807, 2.05) is 0 Å². The van der Waals surface area contributed by atoms with Crippen molar-refractivity contribution < 1.29 is 13.3 Å². The van der Waals surface area contributed by atoms with Crippen LogP contribution in [-0.4, -0.2) is 26.4 Å². The molecule has 0 spiro atoms. The summed E-state index contributed by atoms with van der Waals surface area (Å²) in [5, 5.41) is 10.8. The molecule has 0 saturated heterocycles. The summed E-state index contributed by atoms with van der Waals surface area (Å²) in [6, 6.07) is 2.55. The van der Waals surface area contributed by atoms with Gasteiger partial charge in [-0.25, -0.2) is 13.1 Å². The molecule has 0 heterocycles. The van der Waals surface area contributed by atoms with Crippen LogP contribution in [0, 0.1) is 24.0 Å². The lowest BCUT2D eigenvalue weighted by molar-refractivity contribution is -0.385. The van der Waals surface area contributed by atoms with E-state index in [0.29, 0.717) is 11.1 Å². The maximum Gasteiger partial charge on any atom is 0.273 e. The summed E-state index contributed by atoms with van der Waals surface area (Å²) in [4.78, 5) is 10.1. The number of nitro groups is 1. The van der Waals surface area contributed by atoms with Gasteiger partial charge in [-0.1, -0.05) is 0 Å². The second-order valence-electron chi connectivity index (χ2n) is 3.85. The van der Waals surface area contributed by atoms with Gasteiger partial charge in [-0.15, -0.1) is 0 Å². The predicted molar refractivity (Wildman–Crippen MR) is 66.8 cm³/mol. The molecule has 7 nitrogen and oxygen atoms in total. The van der Waals surface area contributed by atoms with E-state index in [-0.39, 0.29) is 23.7 Å². The van der Waals surface area contributed by atoms with E-state index in [4.69, 9.17) is 5.73 Å². The Hall–Kier alpha value is -1.51. The van der Waals surface area contributed by atoms with Crippen LogP contribution in [0.2, 0.25) is 0 Å². The number of hydrogen-bond acceptors (Lipinski definition) is 5. The fourth-order valence-corrected chi connectivity index (χ4v) is 2.87. The zero-order valence-corrected chi connectivity index (χ0v) is 11.0. The number of hydrogen-bond donors (Lipinski definition) is 2. The van der Waals surface area contributed by atoms with Gasteiger partial charge in [0.25, 0.3) is 5.69 Å². The van der Waals surface area contributed by atoms with E-state index in [9.17, 15) is 18.5 Å². The predicted octanol–water partition coefficient (Wildman–Crippen LogP) is 0.449. The Balaban J connectivity index is 3.33. The fraction of sp³-hybridized carbons (Fsp3) is 0.400. The summed E-state index contributed by atoms with van der Waals surface area (Å²) in [5.74, 6) is 0. The lowest BCUT2D eigenvalue weighted by Gasteiger charge is -2.09. The molecule has 18 heavy (non-hydrogen) atoms. The Morgan fingerprint density at radius 2 is 1.94 bits per heavy atom. The summed E-state index contributed by atoms with van der Waals surface area (Å²) in [5.41, 5.74) is 5.89. The molecule has 1 rings (SSSR count). The Morgan fingerprint density at radius 3 is 2.44 bits per heavy atom. The number of nitrogens with zero attached hydrogens (tertiary/aromatic N) is 1. The van der Waals surface area contributed by atoms with Crippen LogP contribution in [0.3, 0.4) is 0 Å². The first-order valence-corrected chi connectivity index (χ1v) is 6.73. The van der Waals surface area contributed by atoms with Gasteiger partial charge in [-0.05, 0) is 25.5 Å². The third-order valence-electron chi connectivity index (χ3n) is 2.42. The zero-order valence-electron chi connectivity index (χ0n) is 10.1. The average Bonchev–Trinajstić information content (AvgIpc) is 2.25. The van der Waals surface area contributed by atoms with Crippen LogP contribution in [0.5, 0.6) is 0 Å². The molecule has 100 valence electrons. The highest BCUT2D eigenvalue weighted by atomic mass is 32.2. The second kappa shape index (κ2) is 5.42. The van der Waals surface area contributed by atoms with Crippen LogP contribution in [0.25, 0.3) is 0 Å². The molecular formula is C10H15N3O4S. The molecule has 0 aromatic heterocycles. The van der Waals surface area contributed by atoms with E-state index in [1.165, 1.54) is 6.07 Å². The maximum absolute atomic E-state index is 11.9. The molecule has 0 aliphatic carbocycles. The molecule has 0 aliphatic rings. The SMILES string of the molecule is Cc1cc(C)c(S(=O)(=O)NCCN)cc1[N+](=O)[O-]. The van der Waals surface area contributed by atoms with Crippen LogP contribution in [0.4, 0.5) is 5.69 Å². The van der Waals surface area contributed by atoms with Crippen molar-refractivity contribution in [1.82, 2.24) is 4.72 Å². The quantitative estimate of drug-likeness (QED) is 0.597. The molecule has 1 aromatic carbocycles. The Kier molecular flexibility index (Phi) is 4.38. The lowest BCUT2D eigenvalue weighted by atomic mass is 10.1. The molecule has 0 radical (unpaired) electrons. The smallest absolute Gasteiger partial charge is 0.273 e. The van der Waals surface area contributed by atoms with Gasteiger partial charge in [-0.3, -0.25) is 10.1 Å². The van der Waals surface area contributed by atoms with Gasteiger partial charge in [0, 0.05) is 24.7 Å². The van der Waals surface area contributed by atoms with Crippen molar-refractivity contribution in [3.05, 3.63) is 33.4 Å². The van der Waals surface area contributed by atoms with Crippen LogP contribution in [-0.2, 0) is 10.0 Å². The Bertz CT molecular complexity index is 569.